The number of imidazole rings is 1. The molecule has 0 amide bonds. The number of pyridine rings is 1. The largest absolute Gasteiger partial charge is 0.493 e. The highest BCUT2D eigenvalue weighted by Gasteiger charge is 2.31. The van der Waals surface area contributed by atoms with Crippen LogP contribution in [0.25, 0.3) is 16.4 Å². The molecule has 1 unspecified atom stereocenters. The average Bonchev–Trinajstić information content (AvgIpc) is 3.36. The molecule has 42 heavy (non-hydrogen) atoms. The smallest absolute Gasteiger partial charge is 0.194 e. The molecule has 0 spiro atoms. The van der Waals surface area contributed by atoms with Crippen LogP contribution in [0.5, 0.6) is 17.2 Å². The van der Waals surface area contributed by atoms with Gasteiger partial charge in [-0.1, -0.05) is 37.3 Å². The summed E-state index contributed by atoms with van der Waals surface area (Å²) in [6, 6.07) is 19.3. The van der Waals surface area contributed by atoms with E-state index >= 15 is 0 Å². The third-order valence-corrected chi connectivity index (χ3v) is 7.97. The Balaban J connectivity index is 0.00000353. The number of aryl methyl sites for hydroxylation is 3. The molecule has 3 aromatic carbocycles. The van der Waals surface area contributed by atoms with Crippen LogP contribution < -0.4 is 14.2 Å². The lowest BCUT2D eigenvalue weighted by molar-refractivity contribution is -0.122. The molecule has 0 radical (unpaired) electrons. The van der Waals surface area contributed by atoms with E-state index in [4.69, 9.17) is 24.2 Å². The fraction of sp³-hybridized carbons (Fsp3) is 0.265. The summed E-state index contributed by atoms with van der Waals surface area (Å²) in [5.41, 5.74) is 7.56. The molecule has 0 saturated carbocycles. The van der Waals surface area contributed by atoms with E-state index in [-0.39, 0.29) is 24.8 Å². The number of ketones is 1. The number of halogens is 1. The van der Waals surface area contributed by atoms with E-state index in [0.717, 1.165) is 45.4 Å². The summed E-state index contributed by atoms with van der Waals surface area (Å²) >= 11 is 0. The Morgan fingerprint density at radius 3 is 2.50 bits per heavy atom. The second kappa shape index (κ2) is 11.9. The van der Waals surface area contributed by atoms with Gasteiger partial charge >= 0.3 is 0 Å². The minimum absolute atomic E-state index is 0. The molecular formula is C34H34ClN3O4. The summed E-state index contributed by atoms with van der Waals surface area (Å²) in [5, 5.41) is 2.25. The molecule has 5 aromatic rings. The maximum Gasteiger partial charge on any atom is 0.194 e. The number of Topliss-reactive ketones (excluding diaryl/α,β-unsaturated/α-hetero) is 1. The Bertz CT molecular complexity index is 1840. The number of aromatic nitrogens is 2. The van der Waals surface area contributed by atoms with E-state index in [1.165, 1.54) is 11.1 Å². The van der Waals surface area contributed by atoms with Crippen molar-refractivity contribution >= 4 is 40.3 Å². The van der Waals surface area contributed by atoms with Gasteiger partial charge in [0.05, 0.1) is 31.3 Å². The van der Waals surface area contributed by atoms with Gasteiger partial charge in [-0.15, -0.1) is 12.4 Å². The third-order valence-electron chi connectivity index (χ3n) is 7.97. The number of ether oxygens (including phenoxy) is 3. The summed E-state index contributed by atoms with van der Waals surface area (Å²) < 4.78 is 19.2. The van der Waals surface area contributed by atoms with Gasteiger partial charge in [0.15, 0.2) is 17.3 Å². The van der Waals surface area contributed by atoms with Crippen LogP contribution in [0, 0.1) is 13.8 Å². The van der Waals surface area contributed by atoms with Gasteiger partial charge in [0.1, 0.15) is 24.0 Å². The summed E-state index contributed by atoms with van der Waals surface area (Å²) in [5.74, 6) is 1.83. The highest BCUT2D eigenvalue weighted by atomic mass is 35.5. The molecule has 0 bridgehead atoms. The average molecular weight is 584 g/mol. The first-order valence-corrected chi connectivity index (χ1v) is 13.9. The van der Waals surface area contributed by atoms with Crippen molar-refractivity contribution in [1.29, 1.82) is 0 Å². The number of hydrogen-bond donors (Lipinski definition) is 0. The van der Waals surface area contributed by atoms with E-state index in [9.17, 15) is 4.79 Å². The number of benzene rings is 3. The lowest BCUT2D eigenvalue weighted by atomic mass is 9.96. The quantitative estimate of drug-likeness (QED) is 0.208. The van der Waals surface area contributed by atoms with E-state index < -0.39 is 6.04 Å². The minimum Gasteiger partial charge on any atom is -0.493 e. The summed E-state index contributed by atoms with van der Waals surface area (Å²) in [6.45, 7) is 6.20. The van der Waals surface area contributed by atoms with Crippen molar-refractivity contribution in [3.63, 3.8) is 0 Å². The van der Waals surface area contributed by atoms with E-state index in [2.05, 4.69) is 42.6 Å². The molecule has 0 N–H and O–H groups in total. The fourth-order valence-electron chi connectivity index (χ4n) is 5.69. The van der Waals surface area contributed by atoms with Crippen LogP contribution in [-0.4, -0.2) is 47.7 Å². The van der Waals surface area contributed by atoms with Gasteiger partial charge in [0, 0.05) is 18.2 Å². The fourth-order valence-corrected chi connectivity index (χ4v) is 5.69. The molecule has 1 atom stereocenters. The molecule has 0 fully saturated rings. The van der Waals surface area contributed by atoms with Gasteiger partial charge in [0.25, 0.3) is 0 Å². The third kappa shape index (κ3) is 5.09. The van der Waals surface area contributed by atoms with Gasteiger partial charge in [-0.25, -0.2) is 4.98 Å². The number of rotatable bonds is 8. The van der Waals surface area contributed by atoms with Gasteiger partial charge < -0.3 is 14.2 Å². The maximum absolute atomic E-state index is 13.6. The molecule has 8 heteroatoms. The maximum atomic E-state index is 13.6. The predicted octanol–water partition coefficient (Wildman–Crippen LogP) is 6.52. The lowest BCUT2D eigenvalue weighted by Gasteiger charge is -2.21. The second-order valence-electron chi connectivity index (χ2n) is 10.4. The summed E-state index contributed by atoms with van der Waals surface area (Å²) in [4.78, 5) is 23.6. The highest BCUT2D eigenvalue weighted by Crippen LogP contribution is 2.32. The first-order chi connectivity index (χ1) is 19.9. The first-order valence-electron chi connectivity index (χ1n) is 13.9. The number of methoxy groups -OCH3 is 2. The Kier molecular flexibility index (Phi) is 8.23. The Labute approximate surface area is 251 Å². The zero-order chi connectivity index (χ0) is 28.7. The monoisotopic (exact) mass is 583 g/mol. The molecule has 6 rings (SSSR count). The Morgan fingerprint density at radius 2 is 1.74 bits per heavy atom. The van der Waals surface area contributed by atoms with Crippen LogP contribution in [0.2, 0.25) is 0 Å². The van der Waals surface area contributed by atoms with E-state index in [1.807, 2.05) is 49.4 Å². The predicted molar refractivity (Wildman–Crippen MR) is 168 cm³/mol. The van der Waals surface area contributed by atoms with Crippen LogP contribution in [0.1, 0.15) is 40.6 Å². The molecular weight excluding hydrogens is 550 g/mol. The number of nitrogens with zero attached hydrogens (tertiary/aromatic N) is 3. The number of carbonyl (C=O) groups is 1. The Morgan fingerprint density at radius 1 is 0.976 bits per heavy atom. The molecule has 1 aliphatic rings. The van der Waals surface area contributed by atoms with Crippen molar-refractivity contribution in [1.82, 2.24) is 9.38 Å². The van der Waals surface area contributed by atoms with Crippen molar-refractivity contribution in [3.05, 3.63) is 101 Å². The molecule has 3 heterocycles. The van der Waals surface area contributed by atoms with E-state index in [0.29, 0.717) is 29.4 Å². The van der Waals surface area contributed by atoms with Crippen LogP contribution in [0.3, 0.4) is 0 Å². The van der Waals surface area contributed by atoms with Crippen molar-refractivity contribution in [2.24, 2.45) is 4.99 Å². The summed E-state index contributed by atoms with van der Waals surface area (Å²) in [7, 11) is 3.22. The first kappa shape index (κ1) is 29.1. The molecule has 1 aliphatic heterocycles. The van der Waals surface area contributed by atoms with Crippen molar-refractivity contribution in [2.75, 3.05) is 20.8 Å². The van der Waals surface area contributed by atoms with Gasteiger partial charge in [-0.05, 0) is 78.1 Å². The zero-order valence-electron chi connectivity index (χ0n) is 24.4. The Hall–Kier alpha value is -4.36. The van der Waals surface area contributed by atoms with Crippen LogP contribution in [0.4, 0.5) is 0 Å². The van der Waals surface area contributed by atoms with Gasteiger partial charge in [-0.3, -0.25) is 14.2 Å². The second-order valence-corrected chi connectivity index (χ2v) is 10.4. The normalized spacial score (nSPS) is 14.2. The number of fused-ring (bicyclic) bond motifs is 4. The van der Waals surface area contributed by atoms with Gasteiger partial charge in [0.2, 0.25) is 0 Å². The number of aliphatic imine (C=N–C) groups is 1. The number of hydrogen-bond acceptors (Lipinski definition) is 6. The standard InChI is InChI=1S/C34H33N3O4.ClH/c1-6-22-16-32-35-27-17-26(28(38)19-41-29-13-11-23-9-7-8-10-25(23)21(29)3)36-33(34(27)37(32)18-20(22)2)24-12-14-30(39-4)31(15-24)40-5;/h7-16,18,26H,6,17,19H2,1-5H3;1H. The topological polar surface area (TPSA) is 74.4 Å². The van der Waals surface area contributed by atoms with E-state index in [1.54, 1.807) is 14.2 Å². The van der Waals surface area contributed by atoms with Gasteiger partial charge in [-0.2, -0.15) is 0 Å². The van der Waals surface area contributed by atoms with Crippen LogP contribution in [0.15, 0.2) is 71.9 Å². The highest BCUT2D eigenvalue weighted by molar-refractivity contribution is 6.15. The molecule has 0 aliphatic carbocycles. The molecule has 216 valence electrons. The van der Waals surface area contributed by atoms with Crippen molar-refractivity contribution in [3.8, 4) is 17.2 Å². The lowest BCUT2D eigenvalue weighted by Crippen LogP contribution is -2.32. The molecule has 0 saturated heterocycles. The molecule has 2 aromatic heterocycles. The van der Waals surface area contributed by atoms with Crippen LogP contribution >= 0.6 is 12.4 Å². The van der Waals surface area contributed by atoms with Crippen LogP contribution in [-0.2, 0) is 17.6 Å². The van der Waals surface area contributed by atoms with Crippen molar-refractivity contribution in [2.45, 2.75) is 39.7 Å². The minimum atomic E-state index is -0.622. The van der Waals surface area contributed by atoms with Crippen molar-refractivity contribution < 1.29 is 19.0 Å². The zero-order valence-corrected chi connectivity index (χ0v) is 25.2. The molecule has 7 nitrogen and oxygen atoms in total. The number of carbonyl (C=O) groups excluding carboxylic acids is 1. The summed E-state index contributed by atoms with van der Waals surface area (Å²) in [6.07, 6.45) is 3.44. The SMILES string of the molecule is CCc1cc2nc3c(n2cc1C)C(c1ccc(OC)c(OC)c1)=NC(C(=O)COc1ccc2ccccc2c1C)C3.Cl.